The van der Waals surface area contributed by atoms with Gasteiger partial charge in [-0.25, -0.2) is 18.7 Å². The van der Waals surface area contributed by atoms with E-state index in [0.29, 0.717) is 29.7 Å². The van der Waals surface area contributed by atoms with E-state index in [2.05, 4.69) is 20.6 Å². The topological polar surface area (TPSA) is 66.9 Å². The molecule has 27 heavy (non-hydrogen) atoms. The second-order valence-corrected chi connectivity index (χ2v) is 5.97. The molecule has 0 saturated carbocycles. The van der Waals surface area contributed by atoms with Crippen LogP contribution in [0.3, 0.4) is 0 Å². The molecule has 0 atom stereocenters. The summed E-state index contributed by atoms with van der Waals surface area (Å²) >= 11 is 0. The average molecular weight is 368 g/mol. The molecule has 0 aliphatic rings. The van der Waals surface area contributed by atoms with Crippen LogP contribution in [0.15, 0.2) is 48.8 Å². The molecule has 138 valence electrons. The molecule has 0 radical (unpaired) electrons. The third-order valence-electron chi connectivity index (χ3n) is 3.99. The Bertz CT molecular complexity index is 991. The van der Waals surface area contributed by atoms with Crippen LogP contribution < -0.4 is 10.6 Å². The van der Waals surface area contributed by atoms with Gasteiger partial charge in [0.25, 0.3) is 5.91 Å². The van der Waals surface area contributed by atoms with Crippen LogP contribution in [0.5, 0.6) is 0 Å². The summed E-state index contributed by atoms with van der Waals surface area (Å²) in [6.07, 6.45) is 2.13. The van der Waals surface area contributed by atoms with E-state index in [1.807, 2.05) is 26.0 Å². The lowest BCUT2D eigenvalue weighted by Crippen LogP contribution is -2.15. The van der Waals surface area contributed by atoms with E-state index < -0.39 is 17.5 Å². The minimum absolute atomic E-state index is 0.219. The number of nitrogens with one attached hydrogen (secondary N) is 2. The highest BCUT2D eigenvalue weighted by Crippen LogP contribution is 2.25. The fourth-order valence-electron chi connectivity index (χ4n) is 2.61. The highest BCUT2D eigenvalue weighted by atomic mass is 19.1. The standard InChI is InChI=1S/C20H18F2N4O/c1-3-13-4-6-15(25-19-8-12(2)23-11-24-19)10-18(13)26-20(27)16-7-5-14(21)9-17(16)22/h4-11H,3H2,1-2H3,(H,26,27)(H,23,24,25). The molecule has 1 aromatic heterocycles. The number of rotatable bonds is 5. The van der Waals surface area contributed by atoms with Crippen LogP contribution in [0.4, 0.5) is 26.0 Å². The van der Waals surface area contributed by atoms with Gasteiger partial charge in [0.2, 0.25) is 0 Å². The predicted octanol–water partition coefficient (Wildman–Crippen LogP) is 4.62. The van der Waals surface area contributed by atoms with Crippen LogP contribution in [-0.4, -0.2) is 15.9 Å². The zero-order chi connectivity index (χ0) is 19.4. The van der Waals surface area contributed by atoms with E-state index in [1.54, 1.807) is 12.1 Å². The van der Waals surface area contributed by atoms with Crippen LogP contribution in [0.25, 0.3) is 0 Å². The first kappa shape index (κ1) is 18.4. The van der Waals surface area contributed by atoms with Gasteiger partial charge < -0.3 is 10.6 Å². The molecule has 1 heterocycles. The fourth-order valence-corrected chi connectivity index (χ4v) is 2.61. The third-order valence-corrected chi connectivity index (χ3v) is 3.99. The number of carbonyl (C=O) groups is 1. The average Bonchev–Trinajstić information content (AvgIpc) is 2.62. The normalized spacial score (nSPS) is 10.5. The maximum absolute atomic E-state index is 13.9. The van der Waals surface area contributed by atoms with E-state index in [1.165, 1.54) is 6.33 Å². The van der Waals surface area contributed by atoms with Crippen molar-refractivity contribution in [3.8, 4) is 0 Å². The van der Waals surface area contributed by atoms with Gasteiger partial charge in [-0.2, -0.15) is 0 Å². The largest absolute Gasteiger partial charge is 0.340 e. The van der Waals surface area contributed by atoms with Gasteiger partial charge in [-0.1, -0.05) is 13.0 Å². The van der Waals surface area contributed by atoms with Crippen LogP contribution in [-0.2, 0) is 6.42 Å². The summed E-state index contributed by atoms with van der Waals surface area (Å²) in [7, 11) is 0. The Morgan fingerprint density at radius 1 is 1.07 bits per heavy atom. The van der Waals surface area contributed by atoms with Gasteiger partial charge in [0, 0.05) is 29.2 Å². The fraction of sp³-hybridized carbons (Fsp3) is 0.150. The van der Waals surface area contributed by atoms with Crippen molar-refractivity contribution in [2.45, 2.75) is 20.3 Å². The molecule has 0 bridgehead atoms. The first-order chi connectivity index (χ1) is 13.0. The third kappa shape index (κ3) is 4.44. The first-order valence-electron chi connectivity index (χ1n) is 8.41. The molecule has 3 aromatic rings. The molecular weight excluding hydrogens is 350 g/mol. The molecule has 2 N–H and O–H groups in total. The zero-order valence-electron chi connectivity index (χ0n) is 14.9. The van der Waals surface area contributed by atoms with E-state index in [-0.39, 0.29) is 5.56 Å². The van der Waals surface area contributed by atoms with Crippen molar-refractivity contribution in [2.75, 3.05) is 10.6 Å². The summed E-state index contributed by atoms with van der Waals surface area (Å²) in [6.45, 7) is 3.81. The summed E-state index contributed by atoms with van der Waals surface area (Å²) in [5.74, 6) is -1.66. The van der Waals surface area contributed by atoms with Gasteiger partial charge in [-0.15, -0.1) is 0 Å². The lowest BCUT2D eigenvalue weighted by molar-refractivity contribution is 0.102. The van der Waals surface area contributed by atoms with Crippen molar-refractivity contribution >= 4 is 23.1 Å². The van der Waals surface area contributed by atoms with Crippen LogP contribution in [0, 0.1) is 18.6 Å². The molecule has 1 amide bonds. The lowest BCUT2D eigenvalue weighted by Gasteiger charge is -2.13. The van der Waals surface area contributed by atoms with Gasteiger partial charge in [0.15, 0.2) is 0 Å². The molecule has 2 aromatic carbocycles. The number of benzene rings is 2. The second kappa shape index (κ2) is 7.90. The van der Waals surface area contributed by atoms with Gasteiger partial charge in [-0.3, -0.25) is 4.79 Å². The van der Waals surface area contributed by atoms with E-state index >= 15 is 0 Å². The number of amides is 1. The molecule has 0 aliphatic heterocycles. The van der Waals surface area contributed by atoms with Crippen LogP contribution in [0.2, 0.25) is 0 Å². The van der Waals surface area contributed by atoms with Crippen molar-refractivity contribution < 1.29 is 13.6 Å². The maximum Gasteiger partial charge on any atom is 0.258 e. The highest BCUT2D eigenvalue weighted by Gasteiger charge is 2.14. The summed E-state index contributed by atoms with van der Waals surface area (Å²) in [5, 5.41) is 5.84. The Morgan fingerprint density at radius 2 is 1.89 bits per heavy atom. The molecule has 0 saturated heterocycles. The van der Waals surface area contributed by atoms with Crippen molar-refractivity contribution in [2.24, 2.45) is 0 Å². The predicted molar refractivity (Wildman–Crippen MR) is 100 cm³/mol. The quantitative estimate of drug-likeness (QED) is 0.689. The monoisotopic (exact) mass is 368 g/mol. The van der Waals surface area contributed by atoms with E-state index in [9.17, 15) is 13.6 Å². The Hall–Kier alpha value is -3.35. The molecule has 0 unspecified atom stereocenters. The number of hydrogen-bond donors (Lipinski definition) is 2. The Morgan fingerprint density at radius 3 is 2.59 bits per heavy atom. The van der Waals surface area contributed by atoms with Crippen molar-refractivity contribution in [3.05, 3.63) is 77.2 Å². The van der Waals surface area contributed by atoms with Gasteiger partial charge in [0.1, 0.15) is 23.8 Å². The highest BCUT2D eigenvalue weighted by molar-refractivity contribution is 6.05. The lowest BCUT2D eigenvalue weighted by atomic mass is 10.1. The number of hydrogen-bond acceptors (Lipinski definition) is 4. The Labute approximate surface area is 155 Å². The van der Waals surface area contributed by atoms with Gasteiger partial charge in [0.05, 0.1) is 5.56 Å². The minimum Gasteiger partial charge on any atom is -0.340 e. The number of anilines is 3. The molecule has 5 nitrogen and oxygen atoms in total. The first-order valence-corrected chi connectivity index (χ1v) is 8.41. The summed E-state index contributed by atoms with van der Waals surface area (Å²) in [5.41, 5.74) is 2.73. The maximum atomic E-state index is 13.9. The summed E-state index contributed by atoms with van der Waals surface area (Å²) < 4.78 is 26.9. The SMILES string of the molecule is CCc1ccc(Nc2cc(C)ncn2)cc1NC(=O)c1ccc(F)cc1F. The van der Waals surface area contributed by atoms with Crippen LogP contribution in [0.1, 0.15) is 28.5 Å². The molecule has 0 spiro atoms. The Balaban J connectivity index is 1.86. The number of nitrogens with zero attached hydrogens (tertiary/aromatic N) is 2. The van der Waals surface area contributed by atoms with Crippen molar-refractivity contribution in [1.82, 2.24) is 9.97 Å². The number of aryl methyl sites for hydroxylation is 2. The zero-order valence-corrected chi connectivity index (χ0v) is 14.9. The number of halogens is 2. The Kier molecular flexibility index (Phi) is 5.40. The van der Waals surface area contributed by atoms with Gasteiger partial charge in [-0.05, 0) is 43.2 Å². The van der Waals surface area contributed by atoms with E-state index in [4.69, 9.17) is 0 Å². The summed E-state index contributed by atoms with van der Waals surface area (Å²) in [6, 6.07) is 10.1. The molecule has 7 heteroatoms. The van der Waals surface area contributed by atoms with Crippen molar-refractivity contribution in [1.29, 1.82) is 0 Å². The second-order valence-electron chi connectivity index (χ2n) is 5.97. The number of aromatic nitrogens is 2. The minimum atomic E-state index is -0.906. The van der Waals surface area contributed by atoms with E-state index in [0.717, 1.165) is 23.4 Å². The van der Waals surface area contributed by atoms with Crippen molar-refractivity contribution in [3.63, 3.8) is 0 Å². The molecule has 3 rings (SSSR count). The molecule has 0 aliphatic carbocycles. The summed E-state index contributed by atoms with van der Waals surface area (Å²) in [4.78, 5) is 20.6. The number of carbonyl (C=O) groups excluding carboxylic acids is 1. The molecule has 0 fully saturated rings. The van der Waals surface area contributed by atoms with Crippen LogP contribution >= 0.6 is 0 Å². The van der Waals surface area contributed by atoms with Gasteiger partial charge >= 0.3 is 0 Å². The smallest absolute Gasteiger partial charge is 0.258 e. The molecular formula is C20H18F2N4O.